The van der Waals surface area contributed by atoms with Crippen LogP contribution in [0.15, 0.2) is 18.3 Å². The van der Waals surface area contributed by atoms with Crippen LogP contribution in [0.2, 0.25) is 0 Å². The molecule has 4 nitrogen and oxygen atoms in total. The molecule has 0 saturated carbocycles. The average molecular weight is 231 g/mol. The largest absolute Gasteiger partial charge is 0.476 e. The fourth-order valence-corrected chi connectivity index (χ4v) is 2.06. The number of benzene rings is 1. The molecule has 0 atom stereocenters. The van der Waals surface area contributed by atoms with E-state index in [1.165, 1.54) is 10.2 Å². The maximum Gasteiger partial charge on any atom is 0.372 e. The molecule has 2 aromatic rings. The highest BCUT2D eigenvalue weighted by Crippen LogP contribution is 2.19. The van der Waals surface area contributed by atoms with Crippen molar-refractivity contribution in [1.82, 2.24) is 5.10 Å². The fourth-order valence-electron chi connectivity index (χ4n) is 2.06. The molecule has 1 heterocycles. The van der Waals surface area contributed by atoms with Gasteiger partial charge in [0, 0.05) is 16.0 Å². The van der Waals surface area contributed by atoms with Crippen molar-refractivity contribution in [1.29, 1.82) is 0 Å². The van der Waals surface area contributed by atoms with Crippen LogP contribution in [0.3, 0.4) is 0 Å². The summed E-state index contributed by atoms with van der Waals surface area (Å²) in [5, 5.41) is 14.2. The highest BCUT2D eigenvalue weighted by atomic mass is 16.4. The lowest BCUT2D eigenvalue weighted by atomic mass is 10.0. The van der Waals surface area contributed by atoms with Gasteiger partial charge in [-0.05, 0) is 32.4 Å². The first-order valence-corrected chi connectivity index (χ1v) is 5.47. The maximum absolute atomic E-state index is 10.7. The van der Waals surface area contributed by atoms with Crippen LogP contribution in [0, 0.1) is 20.8 Å². The minimum Gasteiger partial charge on any atom is -0.476 e. The Morgan fingerprint density at radius 3 is 2.65 bits per heavy atom. The van der Waals surface area contributed by atoms with Gasteiger partial charge in [-0.15, -0.1) is 0 Å². The summed E-state index contributed by atoms with van der Waals surface area (Å²) in [6, 6.07) is 4.13. The number of rotatable bonds is 2. The molecule has 0 fully saturated rings. The molecule has 0 amide bonds. The van der Waals surface area contributed by atoms with Crippen LogP contribution in [0.4, 0.5) is 0 Å². The van der Waals surface area contributed by atoms with E-state index in [1.807, 2.05) is 20.8 Å². The van der Waals surface area contributed by atoms with E-state index in [0.717, 1.165) is 22.0 Å². The van der Waals surface area contributed by atoms with Crippen molar-refractivity contribution in [2.75, 3.05) is 0 Å². The summed E-state index contributed by atoms with van der Waals surface area (Å²) in [5.41, 5.74) is 4.18. The van der Waals surface area contributed by atoms with Crippen LogP contribution in [-0.2, 0) is 11.3 Å². The zero-order valence-electron chi connectivity index (χ0n) is 10.2. The van der Waals surface area contributed by atoms with E-state index < -0.39 is 5.97 Å². The Kier molecular flexibility index (Phi) is 2.79. The summed E-state index contributed by atoms with van der Waals surface area (Å²) in [6.45, 7) is 5.91. The van der Waals surface area contributed by atoms with Crippen LogP contribution >= 0.6 is 0 Å². The van der Waals surface area contributed by atoms with Gasteiger partial charge in [0.2, 0.25) is 6.20 Å². The molecule has 1 aromatic carbocycles. The van der Waals surface area contributed by atoms with Gasteiger partial charge in [-0.3, -0.25) is 0 Å². The Bertz CT molecular complexity index is 606. The average Bonchev–Trinajstić information content (AvgIpc) is 2.19. The molecular weight excluding hydrogens is 216 g/mol. The van der Waals surface area contributed by atoms with Crippen molar-refractivity contribution in [3.8, 4) is 0 Å². The number of aliphatic carboxylic acids is 1. The molecule has 17 heavy (non-hydrogen) atoms. The molecular formula is C13H15N2O2+. The molecule has 0 aliphatic heterocycles. The molecule has 1 N–H and O–H groups in total. The third kappa shape index (κ3) is 2.25. The molecule has 1 aromatic heterocycles. The number of aryl methyl sites for hydroxylation is 3. The third-order valence-corrected chi connectivity index (χ3v) is 2.74. The second-order valence-corrected chi connectivity index (χ2v) is 4.38. The molecule has 0 saturated heterocycles. The van der Waals surface area contributed by atoms with Gasteiger partial charge in [0.25, 0.3) is 6.54 Å². The summed E-state index contributed by atoms with van der Waals surface area (Å²) in [5.74, 6) is -0.883. The van der Waals surface area contributed by atoms with Crippen molar-refractivity contribution in [2.24, 2.45) is 0 Å². The summed E-state index contributed by atoms with van der Waals surface area (Å²) in [7, 11) is 0. The normalized spacial score (nSPS) is 10.8. The first-order valence-electron chi connectivity index (χ1n) is 5.47. The first-order chi connectivity index (χ1) is 7.97. The van der Waals surface area contributed by atoms with E-state index in [9.17, 15) is 4.79 Å². The Balaban J connectivity index is 2.68. The summed E-state index contributed by atoms with van der Waals surface area (Å²) >= 11 is 0. The lowest BCUT2D eigenvalue weighted by Gasteiger charge is -2.04. The third-order valence-electron chi connectivity index (χ3n) is 2.74. The Morgan fingerprint density at radius 1 is 1.29 bits per heavy atom. The van der Waals surface area contributed by atoms with Gasteiger partial charge in [0.1, 0.15) is 5.52 Å². The monoisotopic (exact) mass is 231 g/mol. The van der Waals surface area contributed by atoms with Gasteiger partial charge >= 0.3 is 5.97 Å². The molecule has 4 heteroatoms. The lowest BCUT2D eigenvalue weighted by Crippen LogP contribution is -2.41. The number of fused-ring (bicyclic) bond motifs is 1. The van der Waals surface area contributed by atoms with Crippen molar-refractivity contribution in [2.45, 2.75) is 27.3 Å². The van der Waals surface area contributed by atoms with Crippen LogP contribution in [0.25, 0.3) is 10.9 Å². The van der Waals surface area contributed by atoms with Gasteiger partial charge in [0.05, 0.1) is 0 Å². The predicted octanol–water partition coefficient (Wildman–Crippen LogP) is 1.53. The van der Waals surface area contributed by atoms with Gasteiger partial charge in [-0.1, -0.05) is 16.3 Å². The number of hydrogen-bond acceptors (Lipinski definition) is 2. The van der Waals surface area contributed by atoms with E-state index in [0.29, 0.717) is 0 Å². The van der Waals surface area contributed by atoms with Crippen LogP contribution in [0.1, 0.15) is 16.7 Å². The minimum atomic E-state index is -0.883. The fraction of sp³-hybridized carbons (Fsp3) is 0.308. The summed E-state index contributed by atoms with van der Waals surface area (Å²) < 4.78 is 1.47. The van der Waals surface area contributed by atoms with E-state index >= 15 is 0 Å². The van der Waals surface area contributed by atoms with E-state index in [4.69, 9.17) is 5.11 Å². The zero-order valence-corrected chi connectivity index (χ0v) is 10.2. The number of aromatic nitrogens is 2. The molecule has 0 radical (unpaired) electrons. The Morgan fingerprint density at radius 2 is 2.00 bits per heavy atom. The molecule has 0 unspecified atom stereocenters. The standard InChI is InChI=1S/C13H14N2O2/c1-8-4-9(2)13-11(5-8)10(3)6-15(14-13)7-12(16)17/h4-6H,7H2,1-3H3/p+1. The maximum atomic E-state index is 10.7. The van der Waals surface area contributed by atoms with Gasteiger partial charge in [-0.25, -0.2) is 4.79 Å². The molecule has 2 rings (SSSR count). The van der Waals surface area contributed by atoms with Crippen LogP contribution in [-0.4, -0.2) is 16.2 Å². The topological polar surface area (TPSA) is 54.1 Å². The van der Waals surface area contributed by atoms with E-state index in [1.54, 1.807) is 6.20 Å². The number of hydrogen-bond donors (Lipinski definition) is 1. The van der Waals surface area contributed by atoms with Gasteiger partial charge < -0.3 is 5.11 Å². The van der Waals surface area contributed by atoms with Gasteiger partial charge in [0.15, 0.2) is 0 Å². The van der Waals surface area contributed by atoms with Crippen molar-refractivity contribution in [3.63, 3.8) is 0 Å². The lowest BCUT2D eigenvalue weighted by molar-refractivity contribution is -0.741. The van der Waals surface area contributed by atoms with Crippen LogP contribution < -0.4 is 4.68 Å². The predicted molar refractivity (Wildman–Crippen MR) is 63.8 cm³/mol. The Hall–Kier alpha value is -1.97. The molecule has 0 aliphatic rings. The molecule has 0 bridgehead atoms. The number of carboxylic acids is 1. The van der Waals surface area contributed by atoms with Crippen LogP contribution in [0.5, 0.6) is 0 Å². The first kappa shape index (κ1) is 11.5. The summed E-state index contributed by atoms with van der Waals surface area (Å²) in [6.07, 6.45) is 1.77. The Labute approximate surface area is 99.5 Å². The van der Waals surface area contributed by atoms with E-state index in [2.05, 4.69) is 17.2 Å². The number of nitrogens with zero attached hydrogens (tertiary/aromatic N) is 2. The van der Waals surface area contributed by atoms with Crippen molar-refractivity contribution in [3.05, 3.63) is 35.0 Å². The molecule has 0 spiro atoms. The quantitative estimate of drug-likeness (QED) is 0.797. The van der Waals surface area contributed by atoms with Crippen molar-refractivity contribution >= 4 is 16.9 Å². The highest BCUT2D eigenvalue weighted by Gasteiger charge is 2.14. The van der Waals surface area contributed by atoms with Gasteiger partial charge in [-0.2, -0.15) is 0 Å². The SMILES string of the molecule is Cc1cc(C)c2n[n+](CC(=O)O)cc(C)c2c1. The minimum absolute atomic E-state index is 0.107. The van der Waals surface area contributed by atoms with Crippen molar-refractivity contribution < 1.29 is 14.6 Å². The second-order valence-electron chi connectivity index (χ2n) is 4.38. The smallest absolute Gasteiger partial charge is 0.372 e. The summed E-state index contributed by atoms with van der Waals surface area (Å²) in [4.78, 5) is 10.7. The number of carboxylic acid groups (broad SMARTS) is 1. The second kappa shape index (κ2) is 4.13. The number of carbonyl (C=O) groups is 1. The molecule has 88 valence electrons. The highest BCUT2D eigenvalue weighted by molar-refractivity contribution is 5.84. The zero-order chi connectivity index (χ0) is 12.6. The molecule has 0 aliphatic carbocycles. The van der Waals surface area contributed by atoms with E-state index in [-0.39, 0.29) is 6.54 Å².